The summed E-state index contributed by atoms with van der Waals surface area (Å²) in [5.74, 6) is -18.4. The van der Waals surface area contributed by atoms with Crippen LogP contribution in [0.3, 0.4) is 0 Å². The summed E-state index contributed by atoms with van der Waals surface area (Å²) in [6.07, 6.45) is -1.54. The number of benzene rings is 2. The Bertz CT molecular complexity index is 3950. The first-order chi connectivity index (χ1) is 53.2. The van der Waals surface area contributed by atoms with Gasteiger partial charge in [-0.05, 0) is 125 Å². The molecular formula is C75H114N18O20. The van der Waals surface area contributed by atoms with E-state index in [1.165, 1.54) is 6.20 Å². The van der Waals surface area contributed by atoms with Crippen molar-refractivity contribution in [1.82, 2.24) is 73.8 Å². The topological polar surface area (TPSA) is 634 Å². The lowest BCUT2D eigenvalue weighted by Crippen LogP contribution is -2.61. The van der Waals surface area contributed by atoms with E-state index in [4.69, 9.17) is 22.9 Å². The highest BCUT2D eigenvalue weighted by Crippen LogP contribution is 2.22. The highest BCUT2D eigenvalue weighted by Gasteiger charge is 2.39. The van der Waals surface area contributed by atoms with Crippen LogP contribution in [0.1, 0.15) is 150 Å². The highest BCUT2D eigenvalue weighted by molar-refractivity contribution is 6.00. The van der Waals surface area contributed by atoms with Gasteiger partial charge in [0.25, 0.3) is 0 Å². The van der Waals surface area contributed by atoms with Crippen LogP contribution < -0.4 is 86.7 Å². The van der Waals surface area contributed by atoms with Crippen molar-refractivity contribution < 1.29 is 97.1 Å². The number of nitrogens with one attached hydrogen (secondary N) is 14. The van der Waals surface area contributed by atoms with Crippen molar-refractivity contribution in [2.24, 2.45) is 46.6 Å². The number of carboxylic acids is 2. The number of rotatable bonds is 51. The van der Waals surface area contributed by atoms with Crippen LogP contribution in [0.5, 0.6) is 0 Å². The zero-order valence-corrected chi connectivity index (χ0v) is 65.2. The van der Waals surface area contributed by atoms with Gasteiger partial charge < -0.3 is 117 Å². The number of aliphatic hydroxyl groups excluding tert-OH is 2. The largest absolute Gasteiger partial charge is 0.481 e. The molecule has 2 aromatic carbocycles. The summed E-state index contributed by atoms with van der Waals surface area (Å²) in [4.78, 5) is 224. The molecule has 0 unspecified atom stereocenters. The van der Waals surface area contributed by atoms with Crippen molar-refractivity contribution in [1.29, 1.82) is 0 Å². The molecule has 4 aromatic rings. The summed E-state index contributed by atoms with van der Waals surface area (Å²) in [5, 5.41) is 71.6. The fourth-order valence-electron chi connectivity index (χ4n) is 12.2. The van der Waals surface area contributed by atoms with E-state index in [9.17, 15) is 97.1 Å². The van der Waals surface area contributed by atoms with Gasteiger partial charge >= 0.3 is 11.9 Å². The number of para-hydroxylation sites is 2. The van der Waals surface area contributed by atoms with E-state index in [0.717, 1.165) is 23.4 Å². The van der Waals surface area contributed by atoms with Crippen molar-refractivity contribution in [2.45, 2.75) is 231 Å². The minimum Gasteiger partial charge on any atom is -0.481 e. The summed E-state index contributed by atoms with van der Waals surface area (Å²) in [7, 11) is 0. The van der Waals surface area contributed by atoms with Crippen LogP contribution in [0.2, 0.25) is 0 Å². The Morgan fingerprint density at radius 2 is 0.779 bits per heavy atom. The van der Waals surface area contributed by atoms with E-state index in [-0.39, 0.29) is 56.9 Å². The van der Waals surface area contributed by atoms with Crippen molar-refractivity contribution in [2.75, 3.05) is 19.7 Å². The first-order valence-corrected chi connectivity index (χ1v) is 37.7. The Kier molecular flexibility index (Phi) is 38.9. The second kappa shape index (κ2) is 46.6. The molecule has 38 nitrogen and oxygen atoms in total. The normalized spacial score (nSPS) is 14.9. The Morgan fingerprint density at radius 3 is 1.19 bits per heavy atom. The number of nitrogens with two attached hydrogens (primary N) is 4. The second-order valence-electron chi connectivity index (χ2n) is 29.7. The van der Waals surface area contributed by atoms with Gasteiger partial charge in [0.05, 0.1) is 25.3 Å². The van der Waals surface area contributed by atoms with Crippen molar-refractivity contribution >= 4 is 116 Å². The number of fused-ring (bicyclic) bond motifs is 2. The van der Waals surface area contributed by atoms with Crippen LogP contribution in [0, 0.1) is 23.7 Å². The lowest BCUT2D eigenvalue weighted by atomic mass is 9.98. The van der Waals surface area contributed by atoms with Gasteiger partial charge in [0.15, 0.2) is 6.04 Å². The van der Waals surface area contributed by atoms with Gasteiger partial charge in [-0.15, -0.1) is 0 Å². The van der Waals surface area contributed by atoms with E-state index in [2.05, 4.69) is 73.8 Å². The highest BCUT2D eigenvalue weighted by atomic mass is 16.4. The second-order valence-corrected chi connectivity index (χ2v) is 29.7. The van der Waals surface area contributed by atoms with E-state index >= 15 is 0 Å². The predicted octanol–water partition coefficient (Wildman–Crippen LogP) is -3.01. The molecule has 14 amide bonds. The molecule has 2 heterocycles. The van der Waals surface area contributed by atoms with Crippen LogP contribution in [0.25, 0.3) is 21.8 Å². The molecular weight excluding hydrogens is 1470 g/mol. The number of amides is 14. The number of primary amides is 2. The zero-order chi connectivity index (χ0) is 84.5. The Hall–Kier alpha value is -11.1. The molecule has 38 heteroatoms. The molecule has 0 fully saturated rings. The number of hydrogen-bond donors (Lipinski definition) is 22. The molecule has 624 valence electrons. The molecule has 0 bridgehead atoms. The summed E-state index contributed by atoms with van der Waals surface area (Å²) in [5.41, 5.74) is 25.7. The predicted molar refractivity (Wildman–Crippen MR) is 412 cm³/mol. The quantitative estimate of drug-likeness (QED) is 0.0196. The maximum Gasteiger partial charge on any atom is 0.328 e. The minimum absolute atomic E-state index is 0.0187. The van der Waals surface area contributed by atoms with Gasteiger partial charge in [0, 0.05) is 59.9 Å². The molecule has 26 N–H and O–H groups in total. The van der Waals surface area contributed by atoms with Crippen LogP contribution in [0.4, 0.5) is 0 Å². The minimum atomic E-state index is -1.94. The third-order valence-corrected chi connectivity index (χ3v) is 18.2. The molecule has 2 aromatic heterocycles. The molecule has 0 saturated carbocycles. The molecule has 13 atom stereocenters. The summed E-state index contributed by atoms with van der Waals surface area (Å²) in [6.45, 7) is 13.1. The van der Waals surface area contributed by atoms with E-state index in [0.29, 0.717) is 29.3 Å². The number of carboxylic acid groups (broad SMARTS) is 2. The van der Waals surface area contributed by atoms with Gasteiger partial charge in [-0.2, -0.15) is 0 Å². The number of carbonyl (C=O) groups excluding carboxylic acids is 14. The van der Waals surface area contributed by atoms with Crippen molar-refractivity contribution in [3.05, 3.63) is 72.1 Å². The summed E-state index contributed by atoms with van der Waals surface area (Å²) < 4.78 is 0. The fourth-order valence-corrected chi connectivity index (χ4v) is 12.2. The summed E-state index contributed by atoms with van der Waals surface area (Å²) >= 11 is 0. The number of aromatic amines is 2. The third-order valence-electron chi connectivity index (χ3n) is 18.2. The van der Waals surface area contributed by atoms with Crippen LogP contribution in [0.15, 0.2) is 60.9 Å². The SMILES string of the molecule is CC(C)C[C@H](NC(=O)CNC(=O)[C@@H](N)Cc1c[nH]c2ccccc12)C(=O)N[C@@H](CCCCN)C(=O)N[C@H](C(=O)N[C@@H](CC(C)C)C(=O)N[C@@H](CCC(N)=O)C(=O)N[C@@H](CCC(=O)O)C(=O)N[C@@H](CC(C)C)C(=O)N[C@@H](CO)C(=O)N[C@@H](CCC(N)=O)C(=O)N[C@@H](Cc1c[nH]c2ccccc12)C(=O)N[C@H](C(=O)O)[C@@H](C)O)C(C)C. The van der Waals surface area contributed by atoms with E-state index < -0.39 is 237 Å². The van der Waals surface area contributed by atoms with Crippen LogP contribution >= 0.6 is 0 Å². The molecule has 0 saturated heterocycles. The monoisotopic (exact) mass is 1590 g/mol. The number of H-pyrrole nitrogens is 2. The lowest BCUT2D eigenvalue weighted by molar-refractivity contribution is -0.145. The van der Waals surface area contributed by atoms with Crippen molar-refractivity contribution in [3.63, 3.8) is 0 Å². The van der Waals surface area contributed by atoms with Gasteiger partial charge in [0.2, 0.25) is 82.7 Å². The van der Waals surface area contributed by atoms with Crippen LogP contribution in [-0.2, 0) is 89.6 Å². The van der Waals surface area contributed by atoms with Gasteiger partial charge in [0.1, 0.15) is 60.4 Å². The number of carbonyl (C=O) groups is 16. The lowest BCUT2D eigenvalue weighted by Gasteiger charge is -2.30. The first kappa shape index (κ1) is 94.3. The number of aliphatic hydroxyl groups is 2. The molecule has 0 aliphatic heterocycles. The third kappa shape index (κ3) is 31.9. The maximum absolute atomic E-state index is 14.5. The zero-order valence-electron chi connectivity index (χ0n) is 65.2. The molecule has 0 spiro atoms. The van der Waals surface area contributed by atoms with Gasteiger partial charge in [-0.25, -0.2) is 4.79 Å². The molecule has 113 heavy (non-hydrogen) atoms. The fraction of sp³-hybridized carbons (Fsp3) is 0.573. The Balaban J connectivity index is 1.53. The Labute approximate surface area is 654 Å². The molecule has 4 rings (SSSR count). The van der Waals surface area contributed by atoms with E-state index in [1.807, 2.05) is 24.3 Å². The molecule has 0 aliphatic carbocycles. The average molecular weight is 1590 g/mol. The Morgan fingerprint density at radius 1 is 0.416 bits per heavy atom. The smallest absolute Gasteiger partial charge is 0.328 e. The van der Waals surface area contributed by atoms with Gasteiger partial charge in [-0.1, -0.05) is 91.8 Å². The standard InChI is InChI=1S/C75H114N18O20/c1-37(2)28-53(83-60(98)35-82-64(101)46(77)31-42-33-80-47-18-12-10-16-44(42)47)69(106)84-49(20-14-15-27-76)68(105)92-62(40(7)8)74(111)90-55(30-39(5)6)70(107)86-50(21-24-58(78)96)65(102)85-52(23-26-61(99)100)67(104)88-54(29-38(3)4)71(108)91-57(36-94)73(110)87-51(22-25-59(79)97)66(103)89-56(72(109)93-63(41(9)95)75(112)113)32-43-34-81-48-19-13-11-17-45(43)48/h10-13,16-19,33-34,37-41,46,49-57,62-63,80-81,94-95H,14-15,20-32,35-36,76-77H2,1-9H3,(H2,78,96)(H2,79,97)(H,82,101)(H,83,98)(H,84,106)(H,85,102)(H,86,107)(H,87,110)(H,88,104)(H,89,103)(H,90,111)(H,91,108)(H,92,105)(H,93,109)(H,99,100)(H,112,113)/t41-,46+,49+,50+,51+,52+,53+,54+,55+,56+,57+,62+,63+/m1/s1. The molecule has 0 radical (unpaired) electrons. The number of aromatic nitrogens is 2. The maximum atomic E-state index is 14.5. The summed E-state index contributed by atoms with van der Waals surface area (Å²) in [6, 6.07) is -4.49. The van der Waals surface area contributed by atoms with Gasteiger partial charge in [-0.3, -0.25) is 71.9 Å². The first-order valence-electron chi connectivity index (χ1n) is 37.7. The van der Waals surface area contributed by atoms with Crippen LogP contribution in [-0.4, -0.2) is 223 Å². The number of aliphatic carboxylic acids is 2. The molecule has 0 aliphatic rings. The van der Waals surface area contributed by atoms with E-state index in [1.54, 1.807) is 85.9 Å². The average Bonchev–Trinajstić information content (AvgIpc) is 1.76. The number of unbranched alkanes of at least 4 members (excludes halogenated alkanes) is 1. The van der Waals surface area contributed by atoms with Crippen molar-refractivity contribution in [3.8, 4) is 0 Å². The number of hydrogen-bond acceptors (Lipinski definition) is 20.